The molecule has 2 aromatic heterocycles. The third-order valence-electron chi connectivity index (χ3n) is 7.13. The molecule has 2 aliphatic heterocycles. The molecule has 0 bridgehead atoms. The normalized spacial score (nSPS) is 17.3. The molecular formula is C28H27F2N5O2. The highest BCUT2D eigenvalue weighted by atomic mass is 19.2. The average Bonchev–Trinajstić information content (AvgIpc) is 3.35. The van der Waals surface area contributed by atoms with Crippen molar-refractivity contribution in [2.24, 2.45) is 0 Å². The number of phenols is 1. The lowest BCUT2D eigenvalue weighted by molar-refractivity contribution is 0.161. The van der Waals surface area contributed by atoms with Crippen molar-refractivity contribution in [3.63, 3.8) is 0 Å². The van der Waals surface area contributed by atoms with Crippen molar-refractivity contribution < 1.29 is 18.6 Å². The molecule has 1 fully saturated rings. The second-order valence-corrected chi connectivity index (χ2v) is 9.58. The van der Waals surface area contributed by atoms with E-state index in [-0.39, 0.29) is 11.8 Å². The van der Waals surface area contributed by atoms with Crippen molar-refractivity contribution in [3.8, 4) is 17.1 Å². The van der Waals surface area contributed by atoms with Gasteiger partial charge in [-0.1, -0.05) is 24.3 Å². The van der Waals surface area contributed by atoms with E-state index in [2.05, 4.69) is 9.47 Å². The topological polar surface area (TPSA) is 76.3 Å². The average molecular weight is 504 g/mol. The largest absolute Gasteiger partial charge is 0.508 e. The first-order valence-electron chi connectivity index (χ1n) is 12.5. The third-order valence-corrected chi connectivity index (χ3v) is 7.13. The van der Waals surface area contributed by atoms with Gasteiger partial charge in [0.25, 0.3) is 0 Å². The number of aromatic hydroxyl groups is 1. The van der Waals surface area contributed by atoms with Gasteiger partial charge in [-0.15, -0.1) is 0 Å². The number of piperidine rings is 1. The number of ether oxygens (including phenoxy) is 1. The van der Waals surface area contributed by atoms with E-state index in [1.807, 2.05) is 18.5 Å². The zero-order valence-corrected chi connectivity index (χ0v) is 20.3. The number of fused-ring (bicyclic) bond motifs is 1. The standard InChI is InChI=1S/C28H27F2N5O2/c29-23-5-4-18(14-24(23)30)16-34-10-6-21(7-11-34)35-17-31-26-25(19-8-12-37-13-9-19)32-27(33-28(26)35)20-2-1-3-22(36)15-20/h1-5,8,14-15,17,21,36H,6-7,9-13,16H2. The third kappa shape index (κ3) is 4.84. The maximum absolute atomic E-state index is 13.6. The van der Waals surface area contributed by atoms with Crippen LogP contribution in [0, 0.1) is 11.6 Å². The fourth-order valence-corrected chi connectivity index (χ4v) is 5.18. The van der Waals surface area contributed by atoms with Gasteiger partial charge < -0.3 is 14.4 Å². The summed E-state index contributed by atoms with van der Waals surface area (Å²) in [6.45, 7) is 3.40. The Morgan fingerprint density at radius 1 is 1.03 bits per heavy atom. The molecule has 1 N–H and O–H groups in total. The van der Waals surface area contributed by atoms with Gasteiger partial charge in [0.1, 0.15) is 11.3 Å². The van der Waals surface area contributed by atoms with E-state index in [0.717, 1.165) is 65.9 Å². The molecule has 37 heavy (non-hydrogen) atoms. The number of hydrogen-bond donors (Lipinski definition) is 1. The summed E-state index contributed by atoms with van der Waals surface area (Å²) in [4.78, 5) is 16.8. The minimum Gasteiger partial charge on any atom is -0.508 e. The maximum atomic E-state index is 13.6. The van der Waals surface area contributed by atoms with E-state index >= 15 is 0 Å². The van der Waals surface area contributed by atoms with Crippen LogP contribution in [0.1, 0.15) is 36.6 Å². The number of hydrogen-bond acceptors (Lipinski definition) is 6. The Bertz CT molecular complexity index is 1480. The second-order valence-electron chi connectivity index (χ2n) is 9.58. The maximum Gasteiger partial charge on any atom is 0.164 e. The van der Waals surface area contributed by atoms with Crippen LogP contribution in [0.2, 0.25) is 0 Å². The van der Waals surface area contributed by atoms with Crippen LogP contribution in [0.5, 0.6) is 5.75 Å². The second kappa shape index (κ2) is 9.99. The van der Waals surface area contributed by atoms with Crippen LogP contribution in [0.3, 0.4) is 0 Å². The van der Waals surface area contributed by atoms with Gasteiger partial charge >= 0.3 is 0 Å². The minimum absolute atomic E-state index is 0.162. The smallest absolute Gasteiger partial charge is 0.164 e. The summed E-state index contributed by atoms with van der Waals surface area (Å²) in [6.07, 6.45) is 6.41. The predicted octanol–water partition coefficient (Wildman–Crippen LogP) is 5.12. The lowest BCUT2D eigenvalue weighted by atomic mass is 10.0. The van der Waals surface area contributed by atoms with Crippen LogP contribution < -0.4 is 0 Å². The van der Waals surface area contributed by atoms with Crippen molar-refractivity contribution >= 4 is 16.7 Å². The summed E-state index contributed by atoms with van der Waals surface area (Å²) in [7, 11) is 0. The number of rotatable bonds is 5. The Morgan fingerprint density at radius 3 is 2.65 bits per heavy atom. The Morgan fingerprint density at radius 2 is 1.89 bits per heavy atom. The van der Waals surface area contributed by atoms with Gasteiger partial charge in [0.05, 0.1) is 25.2 Å². The zero-order valence-electron chi connectivity index (χ0n) is 20.3. The first-order chi connectivity index (χ1) is 18.0. The molecule has 0 aliphatic carbocycles. The van der Waals surface area contributed by atoms with E-state index in [4.69, 9.17) is 19.7 Å². The van der Waals surface area contributed by atoms with Crippen LogP contribution in [0.15, 0.2) is 54.9 Å². The predicted molar refractivity (Wildman–Crippen MR) is 136 cm³/mol. The van der Waals surface area contributed by atoms with E-state index < -0.39 is 11.6 Å². The van der Waals surface area contributed by atoms with Crippen molar-refractivity contribution in [2.45, 2.75) is 31.8 Å². The van der Waals surface area contributed by atoms with E-state index in [1.165, 1.54) is 12.1 Å². The minimum atomic E-state index is -0.822. The summed E-state index contributed by atoms with van der Waals surface area (Å²) < 4.78 is 34.6. The molecule has 0 unspecified atom stereocenters. The molecular weight excluding hydrogens is 476 g/mol. The van der Waals surface area contributed by atoms with Crippen molar-refractivity contribution in [1.29, 1.82) is 0 Å². The SMILES string of the molecule is Oc1cccc(-c2nc(C3=CCOCC3)c3ncn(C4CCN(Cc5ccc(F)c(F)c5)CC4)c3n2)c1. The van der Waals surface area contributed by atoms with Gasteiger partial charge in [0.2, 0.25) is 0 Å². The molecule has 9 heteroatoms. The Balaban J connectivity index is 1.30. The number of imidazole rings is 1. The lowest BCUT2D eigenvalue weighted by Crippen LogP contribution is -2.34. The van der Waals surface area contributed by atoms with Crippen LogP contribution in [0.25, 0.3) is 28.1 Å². The number of nitrogens with zero attached hydrogens (tertiary/aromatic N) is 5. The first-order valence-corrected chi connectivity index (χ1v) is 12.5. The number of phenolic OH excluding ortho intramolecular Hbond substituents is 1. The Kier molecular flexibility index (Phi) is 6.40. The summed E-state index contributed by atoms with van der Waals surface area (Å²) in [5, 5.41) is 10.0. The first kappa shape index (κ1) is 23.7. The Labute approximate surface area is 213 Å². The van der Waals surface area contributed by atoms with Crippen LogP contribution >= 0.6 is 0 Å². The van der Waals surface area contributed by atoms with Crippen LogP contribution in [-0.2, 0) is 11.3 Å². The van der Waals surface area contributed by atoms with E-state index in [9.17, 15) is 13.9 Å². The van der Waals surface area contributed by atoms with Crippen LogP contribution in [0.4, 0.5) is 8.78 Å². The molecule has 6 rings (SSSR count). The van der Waals surface area contributed by atoms with Crippen LogP contribution in [-0.4, -0.2) is 55.8 Å². The van der Waals surface area contributed by atoms with E-state index in [1.54, 1.807) is 24.3 Å². The van der Waals surface area contributed by atoms with Crippen molar-refractivity contribution in [2.75, 3.05) is 26.3 Å². The number of benzene rings is 2. The summed E-state index contributed by atoms with van der Waals surface area (Å²) in [5.41, 5.74) is 4.94. The lowest BCUT2D eigenvalue weighted by Gasteiger charge is -2.32. The molecule has 0 atom stereocenters. The summed E-state index contributed by atoms with van der Waals surface area (Å²) in [5.74, 6) is -0.925. The quantitative estimate of drug-likeness (QED) is 0.408. The molecule has 0 spiro atoms. The van der Waals surface area contributed by atoms with Crippen molar-refractivity contribution in [1.82, 2.24) is 24.4 Å². The fourth-order valence-electron chi connectivity index (χ4n) is 5.18. The summed E-state index contributed by atoms with van der Waals surface area (Å²) in [6, 6.07) is 11.3. The molecule has 0 radical (unpaired) electrons. The molecule has 4 aromatic rings. The molecule has 0 amide bonds. The molecule has 190 valence electrons. The van der Waals surface area contributed by atoms with Gasteiger partial charge in [0.15, 0.2) is 23.1 Å². The van der Waals surface area contributed by atoms with Gasteiger partial charge in [-0.25, -0.2) is 23.7 Å². The highest BCUT2D eigenvalue weighted by Crippen LogP contribution is 2.33. The van der Waals surface area contributed by atoms with Gasteiger partial charge in [0, 0.05) is 31.2 Å². The molecule has 0 saturated carbocycles. The van der Waals surface area contributed by atoms with Gasteiger partial charge in [-0.3, -0.25) is 4.90 Å². The van der Waals surface area contributed by atoms with Crippen molar-refractivity contribution in [3.05, 3.63) is 77.8 Å². The summed E-state index contributed by atoms with van der Waals surface area (Å²) >= 11 is 0. The highest BCUT2D eigenvalue weighted by Gasteiger charge is 2.25. The molecule has 4 heterocycles. The van der Waals surface area contributed by atoms with Gasteiger partial charge in [-0.2, -0.15) is 0 Å². The molecule has 2 aromatic carbocycles. The highest BCUT2D eigenvalue weighted by molar-refractivity contribution is 5.87. The molecule has 7 nitrogen and oxygen atoms in total. The van der Waals surface area contributed by atoms with Gasteiger partial charge in [-0.05, 0) is 54.7 Å². The number of likely N-dealkylation sites (tertiary alicyclic amines) is 1. The monoisotopic (exact) mass is 503 g/mol. The molecule has 1 saturated heterocycles. The van der Waals surface area contributed by atoms with E-state index in [0.29, 0.717) is 25.6 Å². The number of halogens is 2. The number of aromatic nitrogens is 4. The Hall–Kier alpha value is -3.69. The zero-order chi connectivity index (χ0) is 25.4. The fraction of sp³-hybridized carbons (Fsp3) is 0.321. The molecule has 2 aliphatic rings.